The molecular formula is C29H36FN5O. The molecular weight excluding hydrogens is 453 g/mol. The Morgan fingerprint density at radius 1 is 0.972 bits per heavy atom. The van der Waals surface area contributed by atoms with Crippen molar-refractivity contribution in [2.45, 2.75) is 51.5 Å². The van der Waals surface area contributed by atoms with E-state index in [0.717, 1.165) is 87.3 Å². The van der Waals surface area contributed by atoms with Gasteiger partial charge >= 0.3 is 0 Å². The summed E-state index contributed by atoms with van der Waals surface area (Å²) < 4.78 is 17.2. The SMILES string of the molecule is CC(C)N1CCC(c2ccc(-c3cc4c(N5CCN(C(=O)C6CC6)CC5)ccnn4c3)c(F)c2)CC1. The minimum Gasteiger partial charge on any atom is -0.366 e. The van der Waals surface area contributed by atoms with Crippen LogP contribution in [0.2, 0.25) is 0 Å². The summed E-state index contributed by atoms with van der Waals surface area (Å²) in [6.45, 7) is 9.75. The molecule has 7 heteroatoms. The number of hydrogen-bond acceptors (Lipinski definition) is 4. The van der Waals surface area contributed by atoms with Crippen molar-refractivity contribution in [2.75, 3.05) is 44.2 Å². The summed E-state index contributed by atoms with van der Waals surface area (Å²) in [5.41, 5.74) is 4.63. The molecule has 0 bridgehead atoms. The first-order valence-corrected chi connectivity index (χ1v) is 13.5. The van der Waals surface area contributed by atoms with Crippen molar-refractivity contribution in [3.05, 3.63) is 54.1 Å². The molecule has 3 aliphatic rings. The average molecular weight is 490 g/mol. The van der Waals surface area contributed by atoms with Crippen LogP contribution in [0.5, 0.6) is 0 Å². The molecule has 0 radical (unpaired) electrons. The van der Waals surface area contributed by atoms with Crippen molar-refractivity contribution in [2.24, 2.45) is 5.92 Å². The van der Waals surface area contributed by atoms with Crippen LogP contribution in [0, 0.1) is 11.7 Å². The molecule has 0 N–H and O–H groups in total. The van der Waals surface area contributed by atoms with Crippen LogP contribution in [0.15, 0.2) is 42.7 Å². The van der Waals surface area contributed by atoms with Crippen molar-refractivity contribution in [1.82, 2.24) is 19.4 Å². The Kier molecular flexibility index (Phi) is 6.20. The molecule has 6 nitrogen and oxygen atoms in total. The van der Waals surface area contributed by atoms with Crippen molar-refractivity contribution in [1.29, 1.82) is 0 Å². The van der Waals surface area contributed by atoms with Crippen LogP contribution in [0.4, 0.5) is 10.1 Å². The fourth-order valence-corrected chi connectivity index (χ4v) is 5.94. The van der Waals surface area contributed by atoms with E-state index in [4.69, 9.17) is 0 Å². The van der Waals surface area contributed by atoms with Gasteiger partial charge in [-0.3, -0.25) is 4.79 Å². The van der Waals surface area contributed by atoms with Gasteiger partial charge in [0, 0.05) is 61.7 Å². The number of halogens is 1. The van der Waals surface area contributed by atoms with Gasteiger partial charge in [0.15, 0.2) is 0 Å². The molecule has 2 saturated heterocycles. The maximum atomic E-state index is 15.4. The van der Waals surface area contributed by atoms with Crippen LogP contribution in [-0.4, -0.2) is 70.6 Å². The molecule has 3 aromatic rings. The lowest BCUT2D eigenvalue weighted by atomic mass is 9.88. The topological polar surface area (TPSA) is 44.1 Å². The van der Waals surface area contributed by atoms with Crippen LogP contribution >= 0.6 is 0 Å². The lowest BCUT2D eigenvalue weighted by Gasteiger charge is -2.36. The fourth-order valence-electron chi connectivity index (χ4n) is 5.94. The first-order chi connectivity index (χ1) is 17.5. The number of piperazine rings is 1. The summed E-state index contributed by atoms with van der Waals surface area (Å²) in [6, 6.07) is 10.4. The number of likely N-dealkylation sites (tertiary alicyclic amines) is 1. The van der Waals surface area contributed by atoms with E-state index in [1.807, 2.05) is 33.8 Å². The van der Waals surface area contributed by atoms with Crippen molar-refractivity contribution in [3.63, 3.8) is 0 Å². The second-order valence-electron chi connectivity index (χ2n) is 11.0. The molecule has 2 aromatic heterocycles. The van der Waals surface area contributed by atoms with Crippen LogP contribution in [-0.2, 0) is 4.79 Å². The maximum absolute atomic E-state index is 15.4. The number of carbonyl (C=O) groups excluding carboxylic acids is 1. The maximum Gasteiger partial charge on any atom is 0.225 e. The van der Waals surface area contributed by atoms with E-state index in [9.17, 15) is 4.79 Å². The van der Waals surface area contributed by atoms with Gasteiger partial charge < -0.3 is 14.7 Å². The van der Waals surface area contributed by atoms with Crippen LogP contribution < -0.4 is 4.90 Å². The Balaban J connectivity index is 1.20. The number of anilines is 1. The van der Waals surface area contributed by atoms with Gasteiger partial charge in [-0.05, 0) is 82.3 Å². The van der Waals surface area contributed by atoms with Gasteiger partial charge in [0.1, 0.15) is 5.82 Å². The van der Waals surface area contributed by atoms with Gasteiger partial charge in [-0.1, -0.05) is 12.1 Å². The number of aromatic nitrogens is 2. The monoisotopic (exact) mass is 489 g/mol. The molecule has 2 aliphatic heterocycles. The highest BCUT2D eigenvalue weighted by Gasteiger charge is 2.34. The molecule has 1 amide bonds. The Morgan fingerprint density at radius 2 is 1.72 bits per heavy atom. The molecule has 1 saturated carbocycles. The van der Waals surface area contributed by atoms with Gasteiger partial charge in [-0.25, -0.2) is 8.91 Å². The normalized spacial score (nSPS) is 20.0. The highest BCUT2D eigenvalue weighted by Crippen LogP contribution is 2.35. The van der Waals surface area contributed by atoms with Crippen molar-refractivity contribution >= 4 is 17.1 Å². The smallest absolute Gasteiger partial charge is 0.225 e. The zero-order valence-corrected chi connectivity index (χ0v) is 21.4. The van der Waals surface area contributed by atoms with E-state index in [-0.39, 0.29) is 11.7 Å². The first kappa shape index (κ1) is 23.5. The van der Waals surface area contributed by atoms with Crippen molar-refractivity contribution < 1.29 is 9.18 Å². The highest BCUT2D eigenvalue weighted by atomic mass is 19.1. The lowest BCUT2D eigenvalue weighted by molar-refractivity contribution is -0.132. The fraction of sp³-hybridized carbons (Fsp3) is 0.517. The summed E-state index contributed by atoms with van der Waals surface area (Å²) in [6.07, 6.45) is 7.99. The summed E-state index contributed by atoms with van der Waals surface area (Å²) in [4.78, 5) is 19.3. The molecule has 4 heterocycles. The lowest BCUT2D eigenvalue weighted by Crippen LogP contribution is -2.49. The van der Waals surface area contributed by atoms with Gasteiger partial charge in [-0.2, -0.15) is 5.10 Å². The number of hydrogen-bond donors (Lipinski definition) is 0. The van der Waals surface area contributed by atoms with E-state index in [1.165, 1.54) is 0 Å². The molecule has 6 rings (SSSR count). The predicted octanol–water partition coefficient (Wildman–Crippen LogP) is 4.79. The minimum absolute atomic E-state index is 0.163. The Morgan fingerprint density at radius 3 is 2.39 bits per heavy atom. The van der Waals surface area contributed by atoms with Crippen LogP contribution in [0.25, 0.3) is 16.6 Å². The molecule has 36 heavy (non-hydrogen) atoms. The van der Waals surface area contributed by atoms with Gasteiger partial charge in [0.2, 0.25) is 5.91 Å². The summed E-state index contributed by atoms with van der Waals surface area (Å²) >= 11 is 0. The molecule has 0 spiro atoms. The van der Waals surface area contributed by atoms with E-state index in [0.29, 0.717) is 23.4 Å². The third-order valence-electron chi connectivity index (χ3n) is 8.38. The summed E-state index contributed by atoms with van der Waals surface area (Å²) in [5.74, 6) is 0.856. The van der Waals surface area contributed by atoms with Gasteiger partial charge in [-0.15, -0.1) is 0 Å². The zero-order valence-electron chi connectivity index (χ0n) is 21.4. The van der Waals surface area contributed by atoms with E-state index >= 15 is 4.39 Å². The quantitative estimate of drug-likeness (QED) is 0.517. The van der Waals surface area contributed by atoms with Gasteiger partial charge in [0.25, 0.3) is 0 Å². The number of fused-ring (bicyclic) bond motifs is 1. The average Bonchev–Trinajstić information content (AvgIpc) is 3.66. The first-order valence-electron chi connectivity index (χ1n) is 13.5. The number of carbonyl (C=O) groups is 1. The molecule has 0 unspecified atom stereocenters. The van der Waals surface area contributed by atoms with E-state index in [2.05, 4.69) is 34.8 Å². The van der Waals surface area contributed by atoms with E-state index < -0.39 is 0 Å². The molecule has 3 fully saturated rings. The van der Waals surface area contributed by atoms with E-state index in [1.54, 1.807) is 12.3 Å². The van der Waals surface area contributed by atoms with Crippen LogP contribution in [0.1, 0.15) is 51.0 Å². The summed E-state index contributed by atoms with van der Waals surface area (Å²) in [7, 11) is 0. The zero-order chi connectivity index (χ0) is 24.8. The van der Waals surface area contributed by atoms with Gasteiger partial charge in [0.05, 0.1) is 11.2 Å². The number of amides is 1. The largest absolute Gasteiger partial charge is 0.366 e. The molecule has 1 aromatic carbocycles. The number of piperidine rings is 1. The Labute approximate surface area is 212 Å². The Hall–Kier alpha value is -2.93. The summed E-state index contributed by atoms with van der Waals surface area (Å²) in [5, 5.41) is 4.50. The number of benzene rings is 1. The molecule has 0 atom stereocenters. The molecule has 1 aliphatic carbocycles. The standard InChI is InChI=1S/C29H36FN5O/c1-20(2)32-11-8-21(9-12-32)23-5-6-25(26(30)17-23)24-18-28-27(7-10-31-35(28)19-24)33-13-15-34(16-14-33)29(36)22-3-4-22/h5-7,10,17-22H,3-4,8-9,11-16H2,1-2H3. The highest BCUT2D eigenvalue weighted by molar-refractivity contribution is 5.82. The predicted molar refractivity (Wildman–Crippen MR) is 141 cm³/mol. The number of nitrogens with zero attached hydrogens (tertiary/aromatic N) is 5. The third-order valence-corrected chi connectivity index (χ3v) is 8.38. The van der Waals surface area contributed by atoms with Crippen LogP contribution in [0.3, 0.4) is 0 Å². The van der Waals surface area contributed by atoms with Crippen molar-refractivity contribution in [3.8, 4) is 11.1 Å². The number of rotatable bonds is 5. The second-order valence-corrected chi connectivity index (χ2v) is 11.0. The second kappa shape index (κ2) is 9.51. The molecule has 190 valence electrons. The Bertz CT molecular complexity index is 1250. The minimum atomic E-state index is -0.163. The third kappa shape index (κ3) is 4.49.